The Kier molecular flexibility index (Phi) is 4.14. The van der Waals surface area contributed by atoms with Gasteiger partial charge in [0, 0.05) is 36.4 Å². The molecule has 0 amide bonds. The van der Waals surface area contributed by atoms with Crippen molar-refractivity contribution in [3.63, 3.8) is 0 Å². The van der Waals surface area contributed by atoms with Gasteiger partial charge in [-0.1, -0.05) is 15.9 Å². The van der Waals surface area contributed by atoms with Gasteiger partial charge >= 0.3 is 0 Å². The third kappa shape index (κ3) is 3.17. The van der Waals surface area contributed by atoms with E-state index < -0.39 is 0 Å². The summed E-state index contributed by atoms with van der Waals surface area (Å²) in [6.07, 6.45) is 5.18. The second-order valence-electron chi connectivity index (χ2n) is 4.30. The maximum Gasteiger partial charge on any atom is 0.124 e. The molecule has 1 heterocycles. The smallest absolute Gasteiger partial charge is 0.124 e. The van der Waals surface area contributed by atoms with Crippen molar-refractivity contribution in [3.05, 3.63) is 52.3 Å². The molecule has 0 saturated carbocycles. The Morgan fingerprint density at radius 2 is 2.22 bits per heavy atom. The third-order valence-electron chi connectivity index (χ3n) is 2.91. The van der Waals surface area contributed by atoms with Crippen molar-refractivity contribution in [2.24, 2.45) is 12.8 Å². The molecule has 0 saturated heterocycles. The summed E-state index contributed by atoms with van der Waals surface area (Å²) < 4.78 is 15.9. The molecule has 0 aliphatic rings. The quantitative estimate of drug-likeness (QED) is 0.943. The minimum atomic E-state index is -0.271. The zero-order valence-electron chi connectivity index (χ0n) is 10.1. The number of aryl methyl sites for hydroxylation is 2. The van der Waals surface area contributed by atoms with E-state index in [-0.39, 0.29) is 11.9 Å². The lowest BCUT2D eigenvalue weighted by molar-refractivity contribution is 0.598. The highest BCUT2D eigenvalue weighted by Gasteiger charge is 2.10. The van der Waals surface area contributed by atoms with Crippen LogP contribution < -0.4 is 5.73 Å². The maximum absolute atomic E-state index is 13.3. The molecule has 2 rings (SSSR count). The number of nitrogens with zero attached hydrogens (tertiary/aromatic N) is 2. The van der Waals surface area contributed by atoms with Crippen molar-refractivity contribution in [2.75, 3.05) is 0 Å². The highest BCUT2D eigenvalue weighted by molar-refractivity contribution is 9.10. The minimum Gasteiger partial charge on any atom is -0.338 e. The normalized spacial score (nSPS) is 12.7. The van der Waals surface area contributed by atoms with Crippen LogP contribution in [0.25, 0.3) is 0 Å². The standard InChI is InChI=1S/C13H15BrFN3/c1-18-5-4-17-13(18)3-2-12(16)9-6-10(14)8-11(15)7-9/h4-8,12H,2-3,16H2,1H3. The van der Waals surface area contributed by atoms with E-state index in [1.54, 1.807) is 6.20 Å². The second kappa shape index (κ2) is 5.63. The summed E-state index contributed by atoms with van der Waals surface area (Å²) in [5.74, 6) is 0.715. The number of hydrogen-bond donors (Lipinski definition) is 1. The number of benzene rings is 1. The molecule has 0 spiro atoms. The summed E-state index contributed by atoms with van der Waals surface area (Å²) in [7, 11) is 1.95. The van der Waals surface area contributed by atoms with Crippen LogP contribution in [0.2, 0.25) is 0 Å². The van der Waals surface area contributed by atoms with Crippen LogP contribution in [-0.4, -0.2) is 9.55 Å². The zero-order chi connectivity index (χ0) is 13.1. The van der Waals surface area contributed by atoms with Gasteiger partial charge in [0.1, 0.15) is 11.6 Å². The predicted octanol–water partition coefficient (Wildman–Crippen LogP) is 2.95. The number of halogens is 2. The van der Waals surface area contributed by atoms with Gasteiger partial charge in [0.2, 0.25) is 0 Å². The fraction of sp³-hybridized carbons (Fsp3) is 0.308. The van der Waals surface area contributed by atoms with E-state index >= 15 is 0 Å². The van der Waals surface area contributed by atoms with Gasteiger partial charge < -0.3 is 10.3 Å². The van der Waals surface area contributed by atoms with Crippen molar-refractivity contribution in [3.8, 4) is 0 Å². The van der Waals surface area contributed by atoms with E-state index in [4.69, 9.17) is 5.73 Å². The van der Waals surface area contributed by atoms with Crippen molar-refractivity contribution in [1.82, 2.24) is 9.55 Å². The molecule has 0 aliphatic heterocycles. The van der Waals surface area contributed by atoms with Gasteiger partial charge in [-0.25, -0.2) is 9.37 Å². The maximum atomic E-state index is 13.3. The summed E-state index contributed by atoms with van der Waals surface area (Å²) in [5.41, 5.74) is 6.88. The Labute approximate surface area is 114 Å². The number of aromatic nitrogens is 2. The predicted molar refractivity (Wildman–Crippen MR) is 72.6 cm³/mol. The van der Waals surface area contributed by atoms with Crippen molar-refractivity contribution in [2.45, 2.75) is 18.9 Å². The first-order valence-electron chi connectivity index (χ1n) is 5.74. The Morgan fingerprint density at radius 3 is 2.83 bits per heavy atom. The van der Waals surface area contributed by atoms with Gasteiger partial charge in [-0.15, -0.1) is 0 Å². The summed E-state index contributed by atoms with van der Waals surface area (Å²) in [6, 6.07) is 4.57. The van der Waals surface area contributed by atoms with Crippen LogP contribution in [0.4, 0.5) is 4.39 Å². The molecule has 1 aromatic carbocycles. The van der Waals surface area contributed by atoms with Crippen LogP contribution in [-0.2, 0) is 13.5 Å². The van der Waals surface area contributed by atoms with E-state index in [0.29, 0.717) is 4.47 Å². The van der Waals surface area contributed by atoms with Gasteiger partial charge in [0.25, 0.3) is 0 Å². The highest BCUT2D eigenvalue weighted by Crippen LogP contribution is 2.22. The largest absolute Gasteiger partial charge is 0.338 e. The Hall–Kier alpha value is -1.20. The van der Waals surface area contributed by atoms with Crippen molar-refractivity contribution in [1.29, 1.82) is 0 Å². The fourth-order valence-corrected chi connectivity index (χ4v) is 2.36. The van der Waals surface area contributed by atoms with Gasteiger partial charge in [-0.2, -0.15) is 0 Å². The monoisotopic (exact) mass is 311 g/mol. The average molecular weight is 312 g/mol. The molecule has 18 heavy (non-hydrogen) atoms. The van der Waals surface area contributed by atoms with E-state index in [9.17, 15) is 4.39 Å². The molecule has 0 bridgehead atoms. The Morgan fingerprint density at radius 1 is 1.44 bits per heavy atom. The van der Waals surface area contributed by atoms with Gasteiger partial charge in [0.15, 0.2) is 0 Å². The van der Waals surface area contributed by atoms with Crippen LogP contribution in [0, 0.1) is 5.82 Å². The van der Waals surface area contributed by atoms with Crippen LogP contribution in [0.15, 0.2) is 35.1 Å². The lowest BCUT2D eigenvalue weighted by Crippen LogP contribution is -2.13. The van der Waals surface area contributed by atoms with Gasteiger partial charge in [-0.3, -0.25) is 0 Å². The summed E-state index contributed by atoms with van der Waals surface area (Å²) in [5, 5.41) is 0. The van der Waals surface area contributed by atoms with Crippen LogP contribution in [0.1, 0.15) is 23.9 Å². The minimum absolute atomic E-state index is 0.186. The average Bonchev–Trinajstić information content (AvgIpc) is 2.70. The summed E-state index contributed by atoms with van der Waals surface area (Å²) in [6.45, 7) is 0. The molecule has 0 radical (unpaired) electrons. The molecule has 1 atom stereocenters. The topological polar surface area (TPSA) is 43.8 Å². The number of rotatable bonds is 4. The molecule has 2 aromatic rings. The fourth-order valence-electron chi connectivity index (χ4n) is 1.88. The zero-order valence-corrected chi connectivity index (χ0v) is 11.7. The lowest BCUT2D eigenvalue weighted by atomic mass is 10.0. The van der Waals surface area contributed by atoms with Crippen LogP contribution in [0.5, 0.6) is 0 Å². The van der Waals surface area contributed by atoms with E-state index in [1.165, 1.54) is 12.1 Å². The first-order valence-corrected chi connectivity index (χ1v) is 6.53. The van der Waals surface area contributed by atoms with E-state index in [0.717, 1.165) is 24.2 Å². The molecular weight excluding hydrogens is 297 g/mol. The Balaban J connectivity index is 2.03. The molecular formula is C13H15BrFN3. The van der Waals surface area contributed by atoms with Crippen molar-refractivity contribution < 1.29 is 4.39 Å². The molecule has 0 aliphatic carbocycles. The van der Waals surface area contributed by atoms with Crippen LogP contribution >= 0.6 is 15.9 Å². The molecule has 5 heteroatoms. The second-order valence-corrected chi connectivity index (χ2v) is 5.22. The van der Waals surface area contributed by atoms with Crippen LogP contribution in [0.3, 0.4) is 0 Å². The molecule has 0 fully saturated rings. The molecule has 1 aromatic heterocycles. The third-order valence-corrected chi connectivity index (χ3v) is 3.37. The van der Waals surface area contributed by atoms with E-state index in [2.05, 4.69) is 20.9 Å². The van der Waals surface area contributed by atoms with Gasteiger partial charge in [0.05, 0.1) is 0 Å². The SMILES string of the molecule is Cn1ccnc1CCC(N)c1cc(F)cc(Br)c1. The first kappa shape index (κ1) is 13.2. The Bertz CT molecular complexity index is 519. The number of hydrogen-bond acceptors (Lipinski definition) is 2. The highest BCUT2D eigenvalue weighted by atomic mass is 79.9. The first-order chi connectivity index (χ1) is 8.56. The van der Waals surface area contributed by atoms with Crippen molar-refractivity contribution >= 4 is 15.9 Å². The lowest BCUT2D eigenvalue weighted by Gasteiger charge is -2.12. The molecule has 2 N–H and O–H groups in total. The van der Waals surface area contributed by atoms with E-state index in [1.807, 2.05) is 23.9 Å². The van der Waals surface area contributed by atoms with Gasteiger partial charge in [-0.05, 0) is 30.2 Å². The summed E-state index contributed by atoms with van der Waals surface area (Å²) >= 11 is 3.27. The number of nitrogens with two attached hydrogens (primary N) is 1. The molecule has 1 unspecified atom stereocenters. The number of imidazole rings is 1. The molecule has 3 nitrogen and oxygen atoms in total. The summed E-state index contributed by atoms with van der Waals surface area (Å²) in [4.78, 5) is 4.24. The molecule has 96 valence electrons.